The minimum atomic E-state index is -0.348. The van der Waals surface area contributed by atoms with Gasteiger partial charge in [0, 0.05) is 30.4 Å². The highest BCUT2D eigenvalue weighted by molar-refractivity contribution is 6.03. The van der Waals surface area contributed by atoms with Crippen LogP contribution in [0.3, 0.4) is 0 Å². The van der Waals surface area contributed by atoms with Crippen LogP contribution in [0.15, 0.2) is 29.0 Å². The van der Waals surface area contributed by atoms with Gasteiger partial charge in [-0.2, -0.15) is 0 Å². The zero-order valence-corrected chi connectivity index (χ0v) is 10.9. The van der Waals surface area contributed by atoms with E-state index in [1.165, 1.54) is 6.20 Å². The maximum atomic E-state index is 12.0. The van der Waals surface area contributed by atoms with Crippen LogP contribution in [-0.4, -0.2) is 27.8 Å². The molecule has 0 atom stereocenters. The fraction of sp³-hybridized carbons (Fsp3) is 0.214. The molecule has 2 aromatic heterocycles. The summed E-state index contributed by atoms with van der Waals surface area (Å²) in [5.74, 6) is 5.52. The molecule has 6 heteroatoms. The highest BCUT2D eigenvalue weighted by Gasteiger charge is 2.09. The number of rotatable bonds is 3. The van der Waals surface area contributed by atoms with Gasteiger partial charge in [0.25, 0.3) is 5.91 Å². The number of carbonyl (C=O) groups excluding carboxylic acids is 1. The second-order valence-electron chi connectivity index (χ2n) is 4.02. The highest BCUT2D eigenvalue weighted by Crippen LogP contribution is 2.11. The Kier molecular flexibility index (Phi) is 4.47. The highest BCUT2D eigenvalue weighted by atomic mass is 16.5. The molecule has 1 amide bonds. The number of hydrogen-bond donors (Lipinski definition) is 2. The van der Waals surface area contributed by atoms with Gasteiger partial charge < -0.3 is 9.63 Å². The zero-order valence-electron chi connectivity index (χ0n) is 10.9. The fourth-order valence-corrected chi connectivity index (χ4v) is 1.46. The average Bonchev–Trinajstić information content (AvgIpc) is 2.85. The molecule has 0 saturated heterocycles. The number of aryl methyl sites for hydroxylation is 1. The molecule has 0 fully saturated rings. The molecule has 2 N–H and O–H groups in total. The predicted molar refractivity (Wildman–Crippen MR) is 72.0 cm³/mol. The van der Waals surface area contributed by atoms with Crippen LogP contribution in [0.25, 0.3) is 0 Å². The van der Waals surface area contributed by atoms with Gasteiger partial charge in [0.1, 0.15) is 0 Å². The molecule has 0 aliphatic rings. The Hall–Kier alpha value is -2.65. The number of amides is 1. The number of pyridine rings is 1. The smallest absolute Gasteiger partial charge is 0.259 e. The van der Waals surface area contributed by atoms with Gasteiger partial charge in [-0.25, -0.2) is 0 Å². The summed E-state index contributed by atoms with van der Waals surface area (Å²) in [7, 11) is 0. The van der Waals surface area contributed by atoms with Crippen molar-refractivity contribution in [2.75, 3.05) is 11.9 Å². The van der Waals surface area contributed by atoms with E-state index in [1.807, 2.05) is 0 Å². The maximum absolute atomic E-state index is 12.0. The van der Waals surface area contributed by atoms with Crippen molar-refractivity contribution in [2.45, 2.75) is 13.3 Å². The summed E-state index contributed by atoms with van der Waals surface area (Å²) in [5.41, 5.74) is 1.66. The van der Waals surface area contributed by atoms with Gasteiger partial charge >= 0.3 is 0 Å². The van der Waals surface area contributed by atoms with Crippen LogP contribution >= 0.6 is 0 Å². The van der Waals surface area contributed by atoms with E-state index in [4.69, 9.17) is 9.63 Å². The summed E-state index contributed by atoms with van der Waals surface area (Å²) in [6.07, 6.45) is 3.38. The van der Waals surface area contributed by atoms with Gasteiger partial charge in [-0.05, 0) is 13.0 Å². The first-order valence-electron chi connectivity index (χ1n) is 5.98. The van der Waals surface area contributed by atoms with Crippen molar-refractivity contribution in [2.24, 2.45) is 0 Å². The topological polar surface area (TPSA) is 88.2 Å². The lowest BCUT2D eigenvalue weighted by atomic mass is 10.2. The molecule has 0 bridgehead atoms. The zero-order chi connectivity index (χ0) is 14.4. The minimum Gasteiger partial charge on any atom is -0.395 e. The maximum Gasteiger partial charge on any atom is 0.259 e. The van der Waals surface area contributed by atoms with Gasteiger partial charge in [0.05, 0.1) is 17.9 Å². The number of aliphatic hydroxyl groups excluding tert-OH is 1. The third-order valence-electron chi connectivity index (χ3n) is 2.33. The number of anilines is 1. The lowest BCUT2D eigenvalue weighted by molar-refractivity contribution is 0.102. The fourth-order valence-electron chi connectivity index (χ4n) is 1.46. The summed E-state index contributed by atoms with van der Waals surface area (Å²) in [4.78, 5) is 15.9. The molecule has 2 aromatic rings. The lowest BCUT2D eigenvalue weighted by Crippen LogP contribution is -2.11. The molecule has 20 heavy (non-hydrogen) atoms. The molecule has 0 aliphatic heterocycles. The normalized spacial score (nSPS) is 9.70. The SMILES string of the molecule is Cc1cc(NC(=O)c2cncc(C#CCCO)c2)on1. The van der Waals surface area contributed by atoms with Crippen LogP contribution in [-0.2, 0) is 0 Å². The Bertz CT molecular complexity index is 668. The molecule has 0 aromatic carbocycles. The van der Waals surface area contributed by atoms with Crippen molar-refractivity contribution < 1.29 is 14.4 Å². The third kappa shape index (κ3) is 3.67. The van der Waals surface area contributed by atoms with Crippen LogP contribution in [0, 0.1) is 18.8 Å². The van der Waals surface area contributed by atoms with Gasteiger partial charge in [-0.15, -0.1) is 0 Å². The molecule has 0 unspecified atom stereocenters. The van der Waals surface area contributed by atoms with Crippen LogP contribution in [0.4, 0.5) is 5.88 Å². The van der Waals surface area contributed by atoms with E-state index in [0.29, 0.717) is 23.2 Å². The summed E-state index contributed by atoms with van der Waals surface area (Å²) in [6, 6.07) is 3.24. The van der Waals surface area contributed by atoms with Crippen LogP contribution in [0.5, 0.6) is 0 Å². The molecule has 2 heterocycles. The van der Waals surface area contributed by atoms with E-state index in [-0.39, 0.29) is 18.4 Å². The Morgan fingerprint density at radius 1 is 1.45 bits per heavy atom. The number of hydrogen-bond acceptors (Lipinski definition) is 5. The van der Waals surface area contributed by atoms with E-state index in [1.54, 1.807) is 25.3 Å². The summed E-state index contributed by atoms with van der Waals surface area (Å²) >= 11 is 0. The largest absolute Gasteiger partial charge is 0.395 e. The molecular weight excluding hydrogens is 258 g/mol. The summed E-state index contributed by atoms with van der Waals surface area (Å²) in [5, 5.41) is 14.9. The van der Waals surface area contributed by atoms with Crippen LogP contribution in [0.1, 0.15) is 28.0 Å². The van der Waals surface area contributed by atoms with Gasteiger partial charge in [-0.3, -0.25) is 15.1 Å². The number of carbonyl (C=O) groups is 1. The molecule has 102 valence electrons. The Morgan fingerprint density at radius 2 is 2.30 bits per heavy atom. The first-order chi connectivity index (χ1) is 9.69. The molecule has 0 spiro atoms. The van der Waals surface area contributed by atoms with E-state index in [2.05, 4.69) is 27.3 Å². The van der Waals surface area contributed by atoms with E-state index < -0.39 is 0 Å². The van der Waals surface area contributed by atoms with Crippen LogP contribution in [0.2, 0.25) is 0 Å². The van der Waals surface area contributed by atoms with E-state index in [0.717, 1.165) is 0 Å². The number of nitrogens with zero attached hydrogens (tertiary/aromatic N) is 2. The van der Waals surface area contributed by atoms with E-state index in [9.17, 15) is 4.79 Å². The second kappa shape index (κ2) is 6.50. The monoisotopic (exact) mass is 271 g/mol. The molecule has 2 rings (SSSR count). The molecular formula is C14H13N3O3. The minimum absolute atomic E-state index is 0.00541. The van der Waals surface area contributed by atoms with Crippen molar-refractivity contribution in [3.05, 3.63) is 41.3 Å². The molecule has 0 saturated carbocycles. The Balaban J connectivity index is 2.10. The van der Waals surface area contributed by atoms with Crippen molar-refractivity contribution in [3.8, 4) is 11.8 Å². The quantitative estimate of drug-likeness (QED) is 0.823. The number of aliphatic hydroxyl groups is 1. The molecule has 0 radical (unpaired) electrons. The van der Waals surface area contributed by atoms with Crippen molar-refractivity contribution >= 4 is 11.8 Å². The first kappa shape index (κ1) is 13.8. The Morgan fingerprint density at radius 3 is 3.00 bits per heavy atom. The standard InChI is InChI=1S/C14H13N3O3/c1-10-6-13(20-17-10)16-14(19)12-7-11(8-15-9-12)4-2-3-5-18/h6-9,18H,3,5H2,1H3,(H,16,19). The second-order valence-corrected chi connectivity index (χ2v) is 4.02. The van der Waals surface area contributed by atoms with Crippen LogP contribution < -0.4 is 5.32 Å². The summed E-state index contributed by atoms with van der Waals surface area (Å²) < 4.78 is 4.91. The van der Waals surface area contributed by atoms with Crippen molar-refractivity contribution in [1.82, 2.24) is 10.1 Å². The van der Waals surface area contributed by atoms with Gasteiger partial charge in [0.2, 0.25) is 5.88 Å². The van der Waals surface area contributed by atoms with Crippen molar-refractivity contribution in [1.29, 1.82) is 0 Å². The predicted octanol–water partition coefficient (Wildman–Crippen LogP) is 1.36. The average molecular weight is 271 g/mol. The third-order valence-corrected chi connectivity index (χ3v) is 2.33. The van der Waals surface area contributed by atoms with E-state index >= 15 is 0 Å². The Labute approximate surface area is 115 Å². The number of nitrogens with one attached hydrogen (secondary N) is 1. The summed E-state index contributed by atoms with van der Waals surface area (Å²) in [6.45, 7) is 1.77. The molecule has 0 aliphatic carbocycles. The lowest BCUT2D eigenvalue weighted by Gasteiger charge is -2.00. The van der Waals surface area contributed by atoms with Gasteiger partial charge in [0.15, 0.2) is 0 Å². The first-order valence-corrected chi connectivity index (χ1v) is 5.98. The number of aromatic nitrogens is 2. The van der Waals surface area contributed by atoms with Gasteiger partial charge in [-0.1, -0.05) is 17.0 Å². The van der Waals surface area contributed by atoms with Crippen molar-refractivity contribution in [3.63, 3.8) is 0 Å². The molecule has 6 nitrogen and oxygen atoms in total.